The monoisotopic (exact) mass is 391 g/mol. The lowest BCUT2D eigenvalue weighted by Gasteiger charge is -2.09. The van der Waals surface area contributed by atoms with Gasteiger partial charge in [0.25, 0.3) is 11.8 Å². The molecule has 0 radical (unpaired) electrons. The molecule has 126 valence electrons. The molecule has 1 heterocycles. The number of nitrogens with one attached hydrogen (secondary N) is 1. The average molecular weight is 392 g/mol. The fraction of sp³-hybridized carbons (Fsp3) is 0. The normalized spacial score (nSPS) is 10.5. The molecular weight excluding hydrogens is 381 g/mol. The Morgan fingerprint density at radius 2 is 1.80 bits per heavy atom. The number of halogens is 2. The topological polar surface area (TPSA) is 85.1 Å². The Balaban J connectivity index is 1.85. The lowest BCUT2D eigenvalue weighted by molar-refractivity contribution is 0.100. The van der Waals surface area contributed by atoms with Crippen LogP contribution in [0.25, 0.3) is 10.6 Å². The molecule has 0 saturated heterocycles. The van der Waals surface area contributed by atoms with Crippen LogP contribution in [0.4, 0.5) is 5.69 Å². The fourth-order valence-electron chi connectivity index (χ4n) is 2.17. The first-order valence-electron chi connectivity index (χ1n) is 7.07. The van der Waals surface area contributed by atoms with Crippen LogP contribution in [-0.2, 0) is 0 Å². The van der Waals surface area contributed by atoms with Gasteiger partial charge in [-0.25, -0.2) is 4.98 Å². The number of amides is 2. The van der Waals surface area contributed by atoms with Crippen molar-refractivity contribution in [3.63, 3.8) is 0 Å². The quantitative estimate of drug-likeness (QED) is 0.687. The van der Waals surface area contributed by atoms with Crippen LogP contribution in [0.5, 0.6) is 0 Å². The number of carbonyl (C=O) groups excluding carboxylic acids is 2. The van der Waals surface area contributed by atoms with E-state index in [9.17, 15) is 9.59 Å². The van der Waals surface area contributed by atoms with Crippen LogP contribution in [0, 0.1) is 0 Å². The summed E-state index contributed by atoms with van der Waals surface area (Å²) in [4.78, 5) is 28.3. The van der Waals surface area contributed by atoms with Gasteiger partial charge in [-0.2, -0.15) is 0 Å². The summed E-state index contributed by atoms with van der Waals surface area (Å²) in [7, 11) is 0. The van der Waals surface area contributed by atoms with E-state index in [4.69, 9.17) is 28.9 Å². The van der Waals surface area contributed by atoms with Crippen LogP contribution in [0.2, 0.25) is 10.0 Å². The maximum absolute atomic E-state index is 12.4. The first-order chi connectivity index (χ1) is 12.0. The summed E-state index contributed by atoms with van der Waals surface area (Å²) in [5.41, 5.74) is 6.71. The van der Waals surface area contributed by atoms with Gasteiger partial charge >= 0.3 is 0 Å². The molecule has 0 bridgehead atoms. The van der Waals surface area contributed by atoms with Crippen molar-refractivity contribution in [1.29, 1.82) is 0 Å². The number of rotatable bonds is 4. The zero-order valence-electron chi connectivity index (χ0n) is 12.6. The van der Waals surface area contributed by atoms with Gasteiger partial charge < -0.3 is 11.1 Å². The highest BCUT2D eigenvalue weighted by molar-refractivity contribution is 7.13. The summed E-state index contributed by atoms with van der Waals surface area (Å²) in [6, 6.07) is 11.8. The van der Waals surface area contributed by atoms with Gasteiger partial charge in [-0.15, -0.1) is 11.3 Å². The third kappa shape index (κ3) is 3.82. The number of thiazole rings is 1. The van der Waals surface area contributed by atoms with Gasteiger partial charge in [0.2, 0.25) is 0 Å². The molecule has 3 aromatic rings. The summed E-state index contributed by atoms with van der Waals surface area (Å²) >= 11 is 13.2. The van der Waals surface area contributed by atoms with E-state index in [1.165, 1.54) is 17.4 Å². The molecule has 5 nitrogen and oxygen atoms in total. The second-order valence-corrected chi connectivity index (χ2v) is 6.73. The first-order valence-corrected chi connectivity index (χ1v) is 8.70. The molecule has 0 atom stereocenters. The van der Waals surface area contributed by atoms with Crippen LogP contribution < -0.4 is 11.1 Å². The zero-order valence-corrected chi connectivity index (χ0v) is 15.0. The number of aromatic nitrogens is 1. The van der Waals surface area contributed by atoms with E-state index in [2.05, 4.69) is 10.3 Å². The van der Waals surface area contributed by atoms with Crippen molar-refractivity contribution in [3.05, 3.63) is 69.1 Å². The standard InChI is InChI=1S/C17H11Cl2N3O2S/c18-10-6-4-9(5-7-10)17-22-13(8-25-17)16(24)21-12-3-1-2-11(19)14(12)15(20)23/h1-8H,(H2,20,23)(H,21,24). The molecule has 3 rings (SSSR count). The minimum absolute atomic E-state index is 0.0608. The molecule has 0 aliphatic heterocycles. The highest BCUT2D eigenvalue weighted by Gasteiger charge is 2.17. The van der Waals surface area contributed by atoms with Gasteiger partial charge in [-0.1, -0.05) is 41.4 Å². The molecule has 0 spiro atoms. The second-order valence-electron chi connectivity index (χ2n) is 5.03. The molecule has 0 fully saturated rings. The minimum atomic E-state index is -0.721. The summed E-state index contributed by atoms with van der Waals surface area (Å²) in [6.45, 7) is 0. The van der Waals surface area contributed by atoms with Crippen LogP contribution in [0.15, 0.2) is 47.8 Å². The van der Waals surface area contributed by atoms with Crippen molar-refractivity contribution in [1.82, 2.24) is 4.98 Å². The van der Waals surface area contributed by atoms with Gasteiger partial charge in [0.15, 0.2) is 0 Å². The lowest BCUT2D eigenvalue weighted by Crippen LogP contribution is -2.19. The third-order valence-corrected chi connectivity index (χ3v) is 4.79. The van der Waals surface area contributed by atoms with Crippen LogP contribution in [0.1, 0.15) is 20.8 Å². The number of benzene rings is 2. The number of hydrogen-bond donors (Lipinski definition) is 2. The third-order valence-electron chi connectivity index (χ3n) is 3.34. The summed E-state index contributed by atoms with van der Waals surface area (Å²) < 4.78 is 0. The summed E-state index contributed by atoms with van der Waals surface area (Å²) in [5, 5.41) is 5.73. The lowest BCUT2D eigenvalue weighted by atomic mass is 10.1. The Bertz CT molecular complexity index is 955. The van der Waals surface area contributed by atoms with Gasteiger partial charge in [-0.05, 0) is 24.3 Å². The van der Waals surface area contributed by atoms with E-state index in [1.807, 2.05) is 12.1 Å². The van der Waals surface area contributed by atoms with E-state index >= 15 is 0 Å². The Morgan fingerprint density at radius 3 is 2.48 bits per heavy atom. The molecule has 0 unspecified atom stereocenters. The van der Waals surface area contributed by atoms with Crippen molar-refractivity contribution in [2.75, 3.05) is 5.32 Å². The fourth-order valence-corrected chi connectivity index (χ4v) is 3.37. The van der Waals surface area contributed by atoms with Gasteiger partial charge in [0, 0.05) is 16.0 Å². The molecule has 0 aliphatic rings. The van der Waals surface area contributed by atoms with Crippen LogP contribution in [0.3, 0.4) is 0 Å². The van der Waals surface area contributed by atoms with E-state index in [0.29, 0.717) is 10.0 Å². The van der Waals surface area contributed by atoms with Crippen molar-refractivity contribution in [2.45, 2.75) is 0 Å². The highest BCUT2D eigenvalue weighted by atomic mass is 35.5. The second kappa shape index (κ2) is 7.23. The largest absolute Gasteiger partial charge is 0.365 e. The highest BCUT2D eigenvalue weighted by Crippen LogP contribution is 2.27. The van der Waals surface area contributed by atoms with Gasteiger partial charge in [0.1, 0.15) is 10.7 Å². The predicted molar refractivity (Wildman–Crippen MR) is 100 cm³/mol. The van der Waals surface area contributed by atoms with Crippen molar-refractivity contribution in [3.8, 4) is 10.6 Å². The Morgan fingerprint density at radius 1 is 1.08 bits per heavy atom. The first kappa shape index (κ1) is 17.4. The Hall–Kier alpha value is -2.41. The molecule has 25 heavy (non-hydrogen) atoms. The maximum Gasteiger partial charge on any atom is 0.275 e. The summed E-state index contributed by atoms with van der Waals surface area (Å²) in [5.74, 6) is -1.18. The maximum atomic E-state index is 12.4. The molecular formula is C17H11Cl2N3O2S. The number of nitrogens with two attached hydrogens (primary N) is 1. The van der Waals surface area contributed by atoms with Crippen LogP contribution >= 0.6 is 34.5 Å². The van der Waals surface area contributed by atoms with Gasteiger partial charge in [0.05, 0.1) is 16.3 Å². The predicted octanol–water partition coefficient (Wildman–Crippen LogP) is 4.47. The van der Waals surface area contributed by atoms with E-state index < -0.39 is 11.8 Å². The van der Waals surface area contributed by atoms with Crippen molar-refractivity contribution in [2.24, 2.45) is 5.73 Å². The van der Waals surface area contributed by atoms with Crippen LogP contribution in [-0.4, -0.2) is 16.8 Å². The SMILES string of the molecule is NC(=O)c1c(Cl)cccc1NC(=O)c1csc(-c2ccc(Cl)cc2)n1. The number of carbonyl (C=O) groups is 2. The van der Waals surface area contributed by atoms with E-state index in [0.717, 1.165) is 5.56 Å². The molecule has 3 N–H and O–H groups in total. The smallest absolute Gasteiger partial charge is 0.275 e. The molecule has 0 aliphatic carbocycles. The van der Waals surface area contributed by atoms with E-state index in [-0.39, 0.29) is 22.0 Å². The van der Waals surface area contributed by atoms with E-state index in [1.54, 1.807) is 29.6 Å². The molecule has 2 aromatic carbocycles. The molecule has 0 saturated carbocycles. The average Bonchev–Trinajstić information content (AvgIpc) is 3.05. The number of anilines is 1. The van der Waals surface area contributed by atoms with Crippen molar-refractivity contribution >= 4 is 52.0 Å². The van der Waals surface area contributed by atoms with Crippen molar-refractivity contribution < 1.29 is 9.59 Å². The molecule has 8 heteroatoms. The number of primary amides is 1. The molecule has 1 aromatic heterocycles. The number of nitrogens with zero attached hydrogens (tertiary/aromatic N) is 1. The number of hydrogen-bond acceptors (Lipinski definition) is 4. The zero-order chi connectivity index (χ0) is 18.0. The molecule has 2 amide bonds. The minimum Gasteiger partial charge on any atom is -0.365 e. The van der Waals surface area contributed by atoms with Gasteiger partial charge in [-0.3, -0.25) is 9.59 Å². The Labute approximate surface area is 157 Å². The Kier molecular flexibility index (Phi) is 5.03. The summed E-state index contributed by atoms with van der Waals surface area (Å²) in [6.07, 6.45) is 0.